The number of hydrazine groups is 1. The quantitative estimate of drug-likeness (QED) is 0.443. The Balaban J connectivity index is 2.22. The number of carbonyl (C=O) groups is 1. The first-order valence-corrected chi connectivity index (χ1v) is 6.53. The number of nitro groups is 1. The smallest absolute Gasteiger partial charge is 0.294 e. The van der Waals surface area contributed by atoms with Crippen LogP contribution in [0, 0.1) is 10.1 Å². The van der Waals surface area contributed by atoms with Gasteiger partial charge in [-0.25, -0.2) is 0 Å². The zero-order valence-electron chi connectivity index (χ0n) is 11.3. The van der Waals surface area contributed by atoms with Gasteiger partial charge in [0.25, 0.3) is 11.6 Å². The Morgan fingerprint density at radius 3 is 2.60 bits per heavy atom. The molecule has 1 fully saturated rings. The van der Waals surface area contributed by atoms with Crippen LogP contribution in [0.5, 0.6) is 0 Å². The van der Waals surface area contributed by atoms with Crippen molar-refractivity contribution in [2.24, 2.45) is 5.84 Å². The van der Waals surface area contributed by atoms with Gasteiger partial charge in [0.2, 0.25) is 0 Å². The van der Waals surface area contributed by atoms with Crippen LogP contribution in [0.4, 0.5) is 11.4 Å². The third-order valence-corrected chi connectivity index (χ3v) is 3.73. The second kappa shape index (κ2) is 5.46. The summed E-state index contributed by atoms with van der Waals surface area (Å²) in [5, 5.41) is 13.9. The number of nitrogens with zero attached hydrogens (tertiary/aromatic N) is 1. The highest BCUT2D eigenvalue weighted by molar-refractivity contribution is 5.96. The Morgan fingerprint density at radius 2 is 2.05 bits per heavy atom. The molecule has 0 aromatic heterocycles. The first kappa shape index (κ1) is 14.3. The summed E-state index contributed by atoms with van der Waals surface area (Å²) < 4.78 is 0. The Morgan fingerprint density at radius 1 is 1.40 bits per heavy atom. The second-order valence-electron chi connectivity index (χ2n) is 5.36. The lowest BCUT2D eigenvalue weighted by atomic mass is 10.00. The molecular weight excluding hydrogens is 260 g/mol. The number of carbonyl (C=O) groups excluding carboxylic acids is 1. The molecule has 20 heavy (non-hydrogen) atoms. The maximum Gasteiger partial charge on any atom is 0.294 e. The lowest BCUT2D eigenvalue weighted by molar-refractivity contribution is -0.384. The molecule has 2 rings (SSSR count). The molecule has 0 bridgehead atoms. The summed E-state index contributed by atoms with van der Waals surface area (Å²) in [6.07, 6.45) is 4.05. The predicted molar refractivity (Wildman–Crippen MR) is 75.2 cm³/mol. The van der Waals surface area contributed by atoms with Gasteiger partial charge in [0, 0.05) is 17.2 Å². The summed E-state index contributed by atoms with van der Waals surface area (Å²) in [6.45, 7) is 2.00. The Hall–Kier alpha value is -2.15. The number of hydrogen-bond acceptors (Lipinski definition) is 5. The first-order valence-electron chi connectivity index (χ1n) is 6.53. The molecule has 0 heterocycles. The number of hydrogen-bond donors (Lipinski definition) is 3. The number of anilines is 1. The molecule has 7 heteroatoms. The lowest BCUT2D eigenvalue weighted by Crippen LogP contribution is -2.43. The summed E-state index contributed by atoms with van der Waals surface area (Å²) in [5.41, 5.74) is 2.27. The lowest BCUT2D eigenvalue weighted by Gasteiger charge is -2.25. The number of rotatable bonds is 4. The molecule has 1 saturated carbocycles. The third-order valence-electron chi connectivity index (χ3n) is 3.73. The zero-order valence-corrected chi connectivity index (χ0v) is 11.3. The van der Waals surface area contributed by atoms with Crippen molar-refractivity contribution in [1.82, 2.24) is 5.32 Å². The molecule has 0 spiro atoms. The molecule has 4 N–H and O–H groups in total. The van der Waals surface area contributed by atoms with Crippen LogP contribution in [0.3, 0.4) is 0 Å². The van der Waals surface area contributed by atoms with E-state index in [1.54, 1.807) is 0 Å². The Bertz CT molecular complexity index is 538. The van der Waals surface area contributed by atoms with Crippen LogP contribution in [0.15, 0.2) is 18.2 Å². The van der Waals surface area contributed by atoms with Gasteiger partial charge in [0.15, 0.2) is 0 Å². The summed E-state index contributed by atoms with van der Waals surface area (Å²) >= 11 is 0. The monoisotopic (exact) mass is 278 g/mol. The minimum absolute atomic E-state index is 0.179. The summed E-state index contributed by atoms with van der Waals surface area (Å²) in [7, 11) is 0. The minimum Gasteiger partial charge on any atom is -0.347 e. The van der Waals surface area contributed by atoms with E-state index in [4.69, 9.17) is 5.84 Å². The maximum atomic E-state index is 12.2. The number of nitrogens with one attached hydrogen (secondary N) is 2. The minimum atomic E-state index is -0.566. The molecule has 0 unspecified atom stereocenters. The first-order chi connectivity index (χ1) is 9.45. The zero-order chi connectivity index (χ0) is 14.8. The number of nitro benzene ring substituents is 1. The molecule has 1 aromatic rings. The van der Waals surface area contributed by atoms with Crippen LogP contribution >= 0.6 is 0 Å². The number of benzene rings is 1. The normalized spacial score (nSPS) is 16.7. The largest absolute Gasteiger partial charge is 0.347 e. The fourth-order valence-electron chi connectivity index (χ4n) is 2.57. The van der Waals surface area contributed by atoms with Gasteiger partial charge in [-0.05, 0) is 31.9 Å². The van der Waals surface area contributed by atoms with E-state index in [9.17, 15) is 14.9 Å². The van der Waals surface area contributed by atoms with Crippen molar-refractivity contribution in [3.63, 3.8) is 0 Å². The van der Waals surface area contributed by atoms with Crippen LogP contribution in [0.25, 0.3) is 0 Å². The molecule has 0 saturated heterocycles. The topological polar surface area (TPSA) is 110 Å². The van der Waals surface area contributed by atoms with E-state index in [-0.39, 0.29) is 28.4 Å². The van der Waals surface area contributed by atoms with Crippen molar-refractivity contribution in [2.75, 3.05) is 5.43 Å². The maximum absolute atomic E-state index is 12.2. The van der Waals surface area contributed by atoms with Crippen molar-refractivity contribution < 1.29 is 9.72 Å². The van der Waals surface area contributed by atoms with E-state index in [2.05, 4.69) is 10.7 Å². The van der Waals surface area contributed by atoms with Crippen molar-refractivity contribution >= 4 is 17.3 Å². The average Bonchev–Trinajstić information content (AvgIpc) is 2.84. The van der Waals surface area contributed by atoms with Crippen LogP contribution < -0.4 is 16.6 Å². The van der Waals surface area contributed by atoms with E-state index >= 15 is 0 Å². The van der Waals surface area contributed by atoms with Crippen molar-refractivity contribution in [2.45, 2.75) is 38.1 Å². The SMILES string of the molecule is CC1(NC(=O)c2ccc(NN)c([N+](=O)[O-])c2)CCCC1. The molecule has 108 valence electrons. The van der Waals surface area contributed by atoms with Gasteiger partial charge in [0.05, 0.1) is 4.92 Å². The molecule has 7 nitrogen and oxygen atoms in total. The van der Waals surface area contributed by atoms with E-state index < -0.39 is 4.92 Å². The molecule has 0 aliphatic heterocycles. The summed E-state index contributed by atoms with van der Waals surface area (Å²) in [5.74, 6) is 4.92. The van der Waals surface area contributed by atoms with Gasteiger partial charge >= 0.3 is 0 Å². The van der Waals surface area contributed by atoms with E-state index in [0.717, 1.165) is 25.7 Å². The molecule has 0 atom stereocenters. The number of nitrogen functional groups attached to an aromatic ring is 1. The molecule has 1 aromatic carbocycles. The molecular formula is C13H18N4O3. The summed E-state index contributed by atoms with van der Waals surface area (Å²) in [4.78, 5) is 22.6. The van der Waals surface area contributed by atoms with Crippen LogP contribution in [0.1, 0.15) is 43.0 Å². The van der Waals surface area contributed by atoms with Crippen molar-refractivity contribution in [3.8, 4) is 0 Å². The number of nitrogens with two attached hydrogens (primary N) is 1. The van der Waals surface area contributed by atoms with E-state index in [0.29, 0.717) is 0 Å². The Labute approximate surface area is 116 Å². The van der Waals surface area contributed by atoms with Gasteiger partial charge in [-0.15, -0.1) is 0 Å². The highest BCUT2D eigenvalue weighted by Crippen LogP contribution is 2.30. The van der Waals surface area contributed by atoms with E-state index in [1.165, 1.54) is 18.2 Å². The number of amides is 1. The summed E-state index contributed by atoms with van der Waals surface area (Å²) in [6, 6.07) is 4.20. The predicted octanol–water partition coefficient (Wildman–Crippen LogP) is 1.94. The second-order valence-corrected chi connectivity index (χ2v) is 5.36. The van der Waals surface area contributed by atoms with Gasteiger partial charge in [-0.1, -0.05) is 12.8 Å². The average molecular weight is 278 g/mol. The Kier molecular flexibility index (Phi) is 3.89. The van der Waals surface area contributed by atoms with Crippen molar-refractivity contribution in [3.05, 3.63) is 33.9 Å². The fourth-order valence-corrected chi connectivity index (χ4v) is 2.57. The van der Waals surface area contributed by atoms with Gasteiger partial charge in [0.1, 0.15) is 5.69 Å². The third kappa shape index (κ3) is 2.88. The van der Waals surface area contributed by atoms with Gasteiger partial charge < -0.3 is 10.7 Å². The van der Waals surface area contributed by atoms with Gasteiger partial charge in [-0.2, -0.15) is 0 Å². The van der Waals surface area contributed by atoms with Crippen LogP contribution in [-0.4, -0.2) is 16.4 Å². The van der Waals surface area contributed by atoms with Gasteiger partial charge in [-0.3, -0.25) is 20.8 Å². The molecule has 1 aliphatic rings. The van der Waals surface area contributed by atoms with Crippen LogP contribution in [0.2, 0.25) is 0 Å². The molecule has 0 radical (unpaired) electrons. The van der Waals surface area contributed by atoms with E-state index in [1.807, 2.05) is 6.92 Å². The van der Waals surface area contributed by atoms with Crippen molar-refractivity contribution in [1.29, 1.82) is 0 Å². The highest BCUT2D eigenvalue weighted by atomic mass is 16.6. The van der Waals surface area contributed by atoms with Crippen LogP contribution in [-0.2, 0) is 0 Å². The standard InChI is InChI=1S/C13H18N4O3/c1-13(6-2-3-7-13)15-12(18)9-4-5-10(16-14)11(8-9)17(19)20/h4-5,8,16H,2-3,6-7,14H2,1H3,(H,15,18). The fraction of sp³-hybridized carbons (Fsp3) is 0.462. The molecule has 1 amide bonds. The highest BCUT2D eigenvalue weighted by Gasteiger charge is 2.30. The molecule has 1 aliphatic carbocycles.